The van der Waals surface area contributed by atoms with E-state index in [0.29, 0.717) is 12.4 Å². The first-order valence-corrected chi connectivity index (χ1v) is 11.7. The van der Waals surface area contributed by atoms with Crippen molar-refractivity contribution in [1.29, 1.82) is 0 Å². The van der Waals surface area contributed by atoms with Gasteiger partial charge in [0, 0.05) is 30.2 Å². The monoisotopic (exact) mass is 485 g/mol. The Bertz CT molecular complexity index is 1040. The van der Waals surface area contributed by atoms with Gasteiger partial charge in [-0.3, -0.25) is 4.99 Å². The summed E-state index contributed by atoms with van der Waals surface area (Å²) in [5.74, 6) is -2.41. The maximum atomic E-state index is 14.2. The first-order valence-electron chi connectivity index (χ1n) is 11.7. The third-order valence-corrected chi connectivity index (χ3v) is 5.19. The smallest absolute Gasteiger partial charge is 0.270 e. The Labute approximate surface area is 208 Å². The third kappa shape index (κ3) is 8.78. The molecule has 0 aliphatic carbocycles. The average molecular weight is 486 g/mol. The fourth-order valence-corrected chi connectivity index (χ4v) is 3.38. The molecule has 2 N–H and O–H groups in total. The van der Waals surface area contributed by atoms with E-state index in [1.54, 1.807) is 24.3 Å². The Morgan fingerprint density at radius 1 is 0.971 bits per heavy atom. The van der Waals surface area contributed by atoms with Crippen molar-refractivity contribution in [3.63, 3.8) is 0 Å². The van der Waals surface area contributed by atoms with Gasteiger partial charge in [0.15, 0.2) is 0 Å². The van der Waals surface area contributed by atoms with E-state index in [4.69, 9.17) is 0 Å². The lowest BCUT2D eigenvalue weighted by Gasteiger charge is -2.18. The summed E-state index contributed by atoms with van der Waals surface area (Å²) in [7, 11) is 0. The van der Waals surface area contributed by atoms with Crippen LogP contribution in [0.4, 0.5) is 18.9 Å². The van der Waals surface area contributed by atoms with Crippen LogP contribution < -0.4 is 10.6 Å². The largest absolute Gasteiger partial charge is 0.342 e. The summed E-state index contributed by atoms with van der Waals surface area (Å²) in [6.45, 7) is 21.9. The summed E-state index contributed by atoms with van der Waals surface area (Å²) in [6, 6.07) is 11.0. The molecule has 6 heteroatoms. The number of amidine groups is 1. The van der Waals surface area contributed by atoms with Crippen molar-refractivity contribution in [3.8, 4) is 0 Å². The van der Waals surface area contributed by atoms with Crippen LogP contribution in [0, 0.1) is 11.2 Å². The first-order chi connectivity index (χ1) is 16.4. The Kier molecular flexibility index (Phi) is 11.0. The molecule has 3 rings (SSSR count). The molecule has 0 bridgehead atoms. The van der Waals surface area contributed by atoms with Gasteiger partial charge in [0.05, 0.1) is 6.54 Å². The molecule has 0 unspecified atom stereocenters. The zero-order chi connectivity index (χ0) is 26.8. The fraction of sp³-hybridized carbons (Fsp3) is 0.345. The summed E-state index contributed by atoms with van der Waals surface area (Å²) in [5, 5.41) is 6.30. The standard InChI is InChI=1S/C25H28F3N3.C2H6.C2H4/c1-16(31-23-14-18(15-29-23)24(2,3)4)30-19-11-9-17(10-12-19)13-20-21(25(5,27)28)7-6-8-22(20)26;2*1-2/h6-12,14,30H,1,13,15H2,2-5H3,(H,29,31);1-2H3;1-2H2. The fourth-order valence-electron chi connectivity index (χ4n) is 3.38. The predicted molar refractivity (Wildman–Crippen MR) is 144 cm³/mol. The van der Waals surface area contributed by atoms with Crippen LogP contribution in [0.5, 0.6) is 0 Å². The first kappa shape index (κ1) is 29.8. The molecule has 0 aromatic heterocycles. The Balaban J connectivity index is 0.00000145. The normalized spacial score (nSPS) is 12.8. The van der Waals surface area contributed by atoms with Gasteiger partial charge in [-0.05, 0) is 40.8 Å². The lowest BCUT2D eigenvalue weighted by Crippen LogP contribution is -2.24. The SMILES string of the molecule is C=C.C=C(NC1=NCC(C(C)(C)C)=C1)Nc1ccc(Cc2c(F)cccc2C(C)(F)F)cc1.CC. The molecule has 0 fully saturated rings. The van der Waals surface area contributed by atoms with Crippen LogP contribution in [0.2, 0.25) is 0 Å². The second-order valence-corrected chi connectivity index (χ2v) is 8.88. The highest BCUT2D eigenvalue weighted by Gasteiger charge is 2.29. The van der Waals surface area contributed by atoms with Crippen molar-refractivity contribution in [1.82, 2.24) is 5.32 Å². The van der Waals surface area contributed by atoms with E-state index in [1.165, 1.54) is 23.8 Å². The van der Waals surface area contributed by atoms with Crippen molar-refractivity contribution >= 4 is 11.5 Å². The predicted octanol–water partition coefficient (Wildman–Crippen LogP) is 8.21. The minimum absolute atomic E-state index is 0.0162. The molecule has 1 aliphatic rings. The van der Waals surface area contributed by atoms with Gasteiger partial charge in [0.25, 0.3) is 5.92 Å². The minimum atomic E-state index is -3.10. The number of hydrogen-bond donors (Lipinski definition) is 2. The number of benzene rings is 2. The van der Waals surface area contributed by atoms with Gasteiger partial charge in [0.1, 0.15) is 17.5 Å². The van der Waals surface area contributed by atoms with Gasteiger partial charge in [-0.25, -0.2) is 13.2 Å². The molecule has 35 heavy (non-hydrogen) atoms. The second-order valence-electron chi connectivity index (χ2n) is 8.88. The molecular formula is C29H38F3N3. The second kappa shape index (κ2) is 13.0. The van der Waals surface area contributed by atoms with Gasteiger partial charge in [-0.1, -0.05) is 65.5 Å². The third-order valence-electron chi connectivity index (χ3n) is 5.19. The van der Waals surface area contributed by atoms with Crippen LogP contribution in [-0.2, 0) is 12.3 Å². The van der Waals surface area contributed by atoms with Crippen molar-refractivity contribution in [2.45, 2.75) is 53.9 Å². The number of nitrogens with zero attached hydrogens (tertiary/aromatic N) is 1. The molecule has 0 saturated carbocycles. The van der Waals surface area contributed by atoms with E-state index in [-0.39, 0.29) is 23.0 Å². The number of alkyl halides is 2. The summed E-state index contributed by atoms with van der Waals surface area (Å²) in [5.41, 5.74) is 2.55. The molecule has 1 aliphatic heterocycles. The Morgan fingerprint density at radius 3 is 2.09 bits per heavy atom. The molecule has 3 nitrogen and oxygen atoms in total. The average Bonchev–Trinajstić information content (AvgIpc) is 3.27. The highest BCUT2D eigenvalue weighted by atomic mass is 19.3. The van der Waals surface area contributed by atoms with Crippen LogP contribution in [0.15, 0.2) is 84.7 Å². The van der Waals surface area contributed by atoms with Crippen molar-refractivity contribution < 1.29 is 13.2 Å². The van der Waals surface area contributed by atoms with Crippen LogP contribution in [-0.4, -0.2) is 12.4 Å². The molecule has 0 saturated heterocycles. The Morgan fingerprint density at radius 2 is 1.57 bits per heavy atom. The summed E-state index contributed by atoms with van der Waals surface area (Å²) < 4.78 is 41.9. The molecule has 0 spiro atoms. The maximum absolute atomic E-state index is 14.2. The quantitative estimate of drug-likeness (QED) is 0.405. The van der Waals surface area contributed by atoms with Crippen LogP contribution >= 0.6 is 0 Å². The summed E-state index contributed by atoms with van der Waals surface area (Å²) in [4.78, 5) is 4.48. The van der Waals surface area contributed by atoms with E-state index >= 15 is 0 Å². The summed E-state index contributed by atoms with van der Waals surface area (Å²) in [6.07, 6.45) is 2.12. The highest BCUT2D eigenvalue weighted by molar-refractivity contribution is 5.97. The molecule has 0 atom stereocenters. The minimum Gasteiger partial charge on any atom is -0.342 e. The van der Waals surface area contributed by atoms with Crippen molar-refractivity contribution in [3.05, 3.63) is 102 Å². The maximum Gasteiger partial charge on any atom is 0.270 e. The molecule has 2 aromatic rings. The van der Waals surface area contributed by atoms with Gasteiger partial charge in [-0.2, -0.15) is 0 Å². The van der Waals surface area contributed by atoms with E-state index in [2.05, 4.69) is 56.1 Å². The van der Waals surface area contributed by atoms with Crippen molar-refractivity contribution in [2.24, 2.45) is 10.4 Å². The van der Waals surface area contributed by atoms with E-state index in [1.807, 2.05) is 19.9 Å². The molecule has 0 radical (unpaired) electrons. The van der Waals surface area contributed by atoms with E-state index in [0.717, 1.165) is 24.0 Å². The van der Waals surface area contributed by atoms with Gasteiger partial charge in [0.2, 0.25) is 0 Å². The van der Waals surface area contributed by atoms with Crippen LogP contribution in [0.25, 0.3) is 0 Å². The molecule has 0 amide bonds. The summed E-state index contributed by atoms with van der Waals surface area (Å²) >= 11 is 0. The van der Waals surface area contributed by atoms with E-state index < -0.39 is 11.7 Å². The number of nitrogens with one attached hydrogen (secondary N) is 2. The van der Waals surface area contributed by atoms with E-state index in [9.17, 15) is 13.2 Å². The number of anilines is 1. The number of halogens is 3. The number of aliphatic imine (C=N–C) groups is 1. The molecule has 1 heterocycles. The zero-order valence-electron chi connectivity index (χ0n) is 21.7. The van der Waals surface area contributed by atoms with Crippen LogP contribution in [0.3, 0.4) is 0 Å². The van der Waals surface area contributed by atoms with Crippen LogP contribution in [0.1, 0.15) is 58.2 Å². The topological polar surface area (TPSA) is 36.4 Å². The number of rotatable bonds is 6. The van der Waals surface area contributed by atoms with Gasteiger partial charge in [-0.15, -0.1) is 13.2 Å². The van der Waals surface area contributed by atoms with Gasteiger partial charge < -0.3 is 10.6 Å². The molecule has 190 valence electrons. The zero-order valence-corrected chi connectivity index (χ0v) is 21.7. The Hall–Kier alpha value is -3.28. The molecule has 2 aromatic carbocycles. The van der Waals surface area contributed by atoms with Gasteiger partial charge >= 0.3 is 0 Å². The lowest BCUT2D eigenvalue weighted by atomic mass is 9.87. The van der Waals surface area contributed by atoms with Crippen molar-refractivity contribution in [2.75, 3.05) is 11.9 Å². The number of hydrogen-bond acceptors (Lipinski definition) is 3. The highest BCUT2D eigenvalue weighted by Crippen LogP contribution is 2.32. The lowest BCUT2D eigenvalue weighted by molar-refractivity contribution is 0.0162. The molecular weight excluding hydrogens is 447 g/mol.